The Bertz CT molecular complexity index is 3500. The highest BCUT2D eigenvalue weighted by Crippen LogP contribution is 2.44. The van der Waals surface area contributed by atoms with Gasteiger partial charge in [-0.25, -0.2) is 4.98 Å². The highest BCUT2D eigenvalue weighted by molar-refractivity contribution is 7.26. The molecule has 3 aromatic heterocycles. The number of hydrogen-bond donors (Lipinski definition) is 0. The lowest BCUT2D eigenvalue weighted by Crippen LogP contribution is -2.09. The monoisotopic (exact) mass is 776 g/mol. The summed E-state index contributed by atoms with van der Waals surface area (Å²) < 4.78 is 10.1. The largest absolute Gasteiger partial charge is 0.456 e. The highest BCUT2D eigenvalue weighted by atomic mass is 32.1. The quantitative estimate of drug-likeness (QED) is 0.168. The molecule has 0 aliphatic heterocycles. The van der Waals surface area contributed by atoms with Crippen LogP contribution in [0, 0.1) is 0 Å². The van der Waals surface area contributed by atoms with Crippen LogP contribution in [0.4, 0.5) is 17.1 Å². The number of rotatable bonds is 6. The maximum atomic E-state index is 6.38. The fourth-order valence-corrected chi connectivity index (χ4v) is 10.6. The van der Waals surface area contributed by atoms with Gasteiger partial charge in [-0.2, -0.15) is 0 Å². The molecule has 0 aliphatic carbocycles. The third kappa shape index (κ3) is 5.43. The molecule has 3 nitrogen and oxygen atoms in total. The zero-order valence-electron chi connectivity index (χ0n) is 31.1. The summed E-state index contributed by atoms with van der Waals surface area (Å²) in [5.41, 5.74) is 12.0. The van der Waals surface area contributed by atoms with Gasteiger partial charge in [-0.3, -0.25) is 0 Å². The predicted octanol–water partition coefficient (Wildman–Crippen LogP) is 16.2. The molecular formula is C53H32N2OS2. The van der Waals surface area contributed by atoms with Gasteiger partial charge in [-0.1, -0.05) is 127 Å². The van der Waals surface area contributed by atoms with Crippen LogP contribution in [0.3, 0.4) is 0 Å². The van der Waals surface area contributed by atoms with Crippen LogP contribution in [0.1, 0.15) is 0 Å². The summed E-state index contributed by atoms with van der Waals surface area (Å²) >= 11 is 3.61. The Morgan fingerprint density at radius 2 is 1.05 bits per heavy atom. The molecule has 3 heterocycles. The number of para-hydroxylation sites is 1. The van der Waals surface area contributed by atoms with Gasteiger partial charge < -0.3 is 9.32 Å². The number of thiazole rings is 1. The minimum Gasteiger partial charge on any atom is -0.456 e. The zero-order chi connectivity index (χ0) is 38.2. The lowest BCUT2D eigenvalue weighted by Gasteiger charge is -2.26. The van der Waals surface area contributed by atoms with Crippen molar-refractivity contribution in [2.45, 2.75) is 0 Å². The van der Waals surface area contributed by atoms with Gasteiger partial charge in [0.05, 0.1) is 10.2 Å². The molecule has 0 unspecified atom stereocenters. The summed E-state index contributed by atoms with van der Waals surface area (Å²) in [4.78, 5) is 7.49. The van der Waals surface area contributed by atoms with E-state index >= 15 is 0 Å². The average Bonchev–Trinajstić information content (AvgIpc) is 4.00. The molecule has 9 aromatic carbocycles. The number of anilines is 3. The number of aromatic nitrogens is 1. The van der Waals surface area contributed by atoms with Gasteiger partial charge in [0.1, 0.15) is 16.2 Å². The third-order valence-electron chi connectivity index (χ3n) is 11.3. The van der Waals surface area contributed by atoms with E-state index in [1.54, 1.807) is 11.3 Å². The Hall–Kier alpha value is -7.05. The number of benzene rings is 9. The molecular weight excluding hydrogens is 745 g/mol. The van der Waals surface area contributed by atoms with E-state index in [2.05, 4.69) is 187 Å². The first-order valence-electron chi connectivity index (χ1n) is 19.4. The van der Waals surface area contributed by atoms with E-state index < -0.39 is 0 Å². The second-order valence-corrected chi connectivity index (χ2v) is 16.8. The van der Waals surface area contributed by atoms with Crippen molar-refractivity contribution in [3.8, 4) is 32.8 Å². The van der Waals surface area contributed by atoms with Gasteiger partial charge in [-0.05, 0) is 93.7 Å². The van der Waals surface area contributed by atoms with Gasteiger partial charge in [-0.15, -0.1) is 22.7 Å². The van der Waals surface area contributed by atoms with Crippen LogP contribution < -0.4 is 4.90 Å². The first-order chi connectivity index (χ1) is 28.7. The summed E-state index contributed by atoms with van der Waals surface area (Å²) in [6, 6.07) is 69.6. The second-order valence-electron chi connectivity index (χ2n) is 14.7. The van der Waals surface area contributed by atoms with Crippen molar-refractivity contribution >= 4 is 103 Å². The lowest BCUT2D eigenvalue weighted by molar-refractivity contribution is 0.669. The number of fused-ring (bicyclic) bond motifs is 9. The van der Waals surface area contributed by atoms with Gasteiger partial charge in [0.15, 0.2) is 0 Å². The molecule has 0 aliphatic rings. The van der Waals surface area contributed by atoms with Crippen LogP contribution >= 0.6 is 22.7 Å². The fourth-order valence-electron chi connectivity index (χ4n) is 8.51. The third-order valence-corrected chi connectivity index (χ3v) is 13.5. The summed E-state index contributed by atoms with van der Waals surface area (Å²) in [5.74, 6) is 0. The summed E-state index contributed by atoms with van der Waals surface area (Å²) in [6.07, 6.45) is 0. The average molecular weight is 777 g/mol. The minimum absolute atomic E-state index is 0.871. The van der Waals surface area contributed by atoms with Crippen molar-refractivity contribution in [3.05, 3.63) is 194 Å². The van der Waals surface area contributed by atoms with E-state index in [0.29, 0.717) is 0 Å². The summed E-state index contributed by atoms with van der Waals surface area (Å²) in [6.45, 7) is 0. The molecule has 0 saturated heterocycles. The molecule has 0 bridgehead atoms. The van der Waals surface area contributed by atoms with Crippen molar-refractivity contribution < 1.29 is 4.42 Å². The maximum absolute atomic E-state index is 6.38. The van der Waals surface area contributed by atoms with Crippen molar-refractivity contribution in [2.24, 2.45) is 0 Å². The summed E-state index contributed by atoms with van der Waals surface area (Å²) in [7, 11) is 0. The smallest absolute Gasteiger partial charge is 0.137 e. The molecule has 0 radical (unpaired) electrons. The molecule has 0 fully saturated rings. The van der Waals surface area contributed by atoms with Crippen molar-refractivity contribution in [1.82, 2.24) is 4.98 Å². The second kappa shape index (κ2) is 13.3. The fraction of sp³-hybridized carbons (Fsp3) is 0. The van der Waals surface area contributed by atoms with E-state index in [4.69, 9.17) is 9.40 Å². The molecule has 58 heavy (non-hydrogen) atoms. The molecule has 12 aromatic rings. The molecule has 5 heteroatoms. The standard InChI is InChI=1S/C53H32N2OS2/c1-2-10-36(11-3-1)53-54-52-49(58-53)30-29-48-51(52)45-27-21-37(31-50(45)57-48)33-17-22-38(23-18-33)55(40-26-28-44-43-14-6-7-16-46(43)56-47(44)32-40)39-24-19-35(20-25-39)42-15-8-12-34-9-4-5-13-41(34)42/h1-32H. The van der Waals surface area contributed by atoms with Crippen LogP contribution in [0.25, 0.3) is 95.9 Å². The topological polar surface area (TPSA) is 29.3 Å². The predicted molar refractivity (Wildman–Crippen MR) is 248 cm³/mol. The number of hydrogen-bond acceptors (Lipinski definition) is 5. The van der Waals surface area contributed by atoms with E-state index in [1.165, 1.54) is 57.9 Å². The Labute approximate surface area is 342 Å². The normalized spacial score (nSPS) is 11.8. The first kappa shape index (κ1) is 33.1. The van der Waals surface area contributed by atoms with E-state index in [1.807, 2.05) is 23.5 Å². The van der Waals surface area contributed by atoms with Crippen molar-refractivity contribution in [1.29, 1.82) is 0 Å². The molecule has 0 amide bonds. The lowest BCUT2D eigenvalue weighted by atomic mass is 9.98. The number of thiophene rings is 1. The molecule has 272 valence electrons. The Morgan fingerprint density at radius 1 is 0.397 bits per heavy atom. The molecule has 0 N–H and O–H groups in total. The summed E-state index contributed by atoms with van der Waals surface area (Å²) in [5, 5.41) is 8.31. The van der Waals surface area contributed by atoms with Gasteiger partial charge in [0.25, 0.3) is 0 Å². The minimum atomic E-state index is 0.871. The van der Waals surface area contributed by atoms with Gasteiger partial charge >= 0.3 is 0 Å². The number of furan rings is 1. The molecule has 12 rings (SSSR count). The molecule has 0 saturated carbocycles. The molecule has 0 atom stereocenters. The van der Waals surface area contributed by atoms with Crippen LogP contribution in [0.15, 0.2) is 199 Å². The van der Waals surface area contributed by atoms with E-state index in [0.717, 1.165) is 55.1 Å². The van der Waals surface area contributed by atoms with Crippen molar-refractivity contribution in [2.75, 3.05) is 4.90 Å². The van der Waals surface area contributed by atoms with Crippen molar-refractivity contribution in [3.63, 3.8) is 0 Å². The van der Waals surface area contributed by atoms with Gasteiger partial charge in [0, 0.05) is 59.6 Å². The first-order valence-corrected chi connectivity index (χ1v) is 21.1. The van der Waals surface area contributed by atoms with Crippen LogP contribution in [-0.2, 0) is 0 Å². The van der Waals surface area contributed by atoms with Crippen LogP contribution in [0.2, 0.25) is 0 Å². The Balaban J connectivity index is 0.932. The van der Waals surface area contributed by atoms with Crippen LogP contribution in [-0.4, -0.2) is 4.98 Å². The highest BCUT2D eigenvalue weighted by Gasteiger charge is 2.18. The Morgan fingerprint density at radius 3 is 1.90 bits per heavy atom. The van der Waals surface area contributed by atoms with Crippen LogP contribution in [0.5, 0.6) is 0 Å². The zero-order valence-corrected chi connectivity index (χ0v) is 32.7. The maximum Gasteiger partial charge on any atom is 0.137 e. The SMILES string of the molecule is c1ccc(-c2nc3c(ccc4sc5cc(-c6ccc(N(c7ccc(-c8cccc9ccccc89)cc7)c7ccc8c(c7)oc7ccccc78)cc6)ccc5c43)s2)cc1. The van der Waals surface area contributed by atoms with E-state index in [9.17, 15) is 0 Å². The van der Waals surface area contributed by atoms with E-state index in [-0.39, 0.29) is 0 Å². The van der Waals surface area contributed by atoms with Gasteiger partial charge in [0.2, 0.25) is 0 Å². The molecule has 0 spiro atoms. The Kier molecular flexibility index (Phi) is 7.58. The number of nitrogens with zero attached hydrogens (tertiary/aromatic N) is 2.